The summed E-state index contributed by atoms with van der Waals surface area (Å²) < 4.78 is 0. The molecule has 0 aromatic heterocycles. The van der Waals surface area contributed by atoms with Crippen LogP contribution in [0.3, 0.4) is 0 Å². The Morgan fingerprint density at radius 3 is 0.114 bits per heavy atom. The second-order valence-corrected chi connectivity index (χ2v) is 10.5. The van der Waals surface area contributed by atoms with E-state index in [9.17, 15) is 0 Å². The molecule has 0 aliphatic heterocycles. The van der Waals surface area contributed by atoms with Gasteiger partial charge in [-0.2, -0.15) is 0 Å². The van der Waals surface area contributed by atoms with Gasteiger partial charge in [-0.25, -0.2) is 0 Å². The molecule has 0 spiro atoms. The van der Waals surface area contributed by atoms with Crippen LogP contribution >= 0.6 is 0 Å². The van der Waals surface area contributed by atoms with Crippen LogP contribution in [0.4, 0.5) is 0 Å². The summed E-state index contributed by atoms with van der Waals surface area (Å²) in [4.78, 5) is 0. The summed E-state index contributed by atoms with van der Waals surface area (Å²) >= 11 is 0. The zero-order chi connectivity index (χ0) is 67.0. The summed E-state index contributed by atoms with van der Waals surface area (Å²) in [5.41, 5.74) is 0. The normalized spacial score (nSPS) is 5.85. The molecule has 79 heavy (non-hydrogen) atoms. The van der Waals surface area contributed by atoms with Crippen LogP contribution in [0.5, 0.6) is 0 Å². The number of hydrogen-bond donors (Lipinski definition) is 0. The summed E-state index contributed by atoms with van der Waals surface area (Å²) in [7, 11) is 0. The molecular weight excluding hydrogens is 949 g/mol. The maximum atomic E-state index is 2.12. The van der Waals surface area contributed by atoms with Gasteiger partial charge in [-0.05, 0) is 0 Å². The smallest absolute Gasteiger partial charge is 0.0590 e. The Morgan fingerprint density at radius 1 is 0.0886 bits per heavy atom. The van der Waals surface area contributed by atoms with E-state index in [2.05, 4.69) is 69.2 Å². The molecule has 0 saturated heterocycles. The van der Waals surface area contributed by atoms with Crippen molar-refractivity contribution in [2.24, 2.45) is 0 Å². The Bertz CT molecular complexity index is 745. The van der Waals surface area contributed by atoms with E-state index < -0.39 is 0 Å². The molecule has 0 atom stereocenters. The van der Waals surface area contributed by atoms with Crippen LogP contribution in [0.15, 0.2) is 218 Å². The molecule has 0 bridgehead atoms. The predicted octanol–water partition coefficient (Wildman–Crippen LogP) is 31.6. The first kappa shape index (κ1) is 131. The zero-order valence-corrected chi connectivity index (χ0v) is 62.3. The van der Waals surface area contributed by atoms with E-state index in [0.29, 0.717) is 0 Å². The minimum absolute atomic E-state index is 1.25. The summed E-state index contributed by atoms with van der Waals surface area (Å²) in [5, 5.41) is 0. The molecule has 6 rings (SSSR count). The van der Waals surface area contributed by atoms with E-state index in [-0.39, 0.29) is 0 Å². The first-order valence-corrected chi connectivity index (χ1v) is 33.1. The Labute approximate surface area is 511 Å². The lowest BCUT2D eigenvalue weighted by Crippen LogP contribution is -1.47. The van der Waals surface area contributed by atoms with Crippen LogP contribution in [0.25, 0.3) is 0 Å². The Hall–Kier alpha value is -4.68. The van der Waals surface area contributed by atoms with Crippen LogP contribution in [0, 0.1) is 0 Å². The van der Waals surface area contributed by atoms with Gasteiger partial charge in [0, 0.05) is 0 Å². The Morgan fingerprint density at radius 2 is 0.101 bits per heavy atom. The minimum atomic E-state index is 1.25. The van der Waals surface area contributed by atoms with Crippen molar-refractivity contribution in [3.63, 3.8) is 0 Å². The van der Waals surface area contributed by atoms with E-state index in [0.717, 1.165) is 0 Å². The lowest BCUT2D eigenvalue weighted by Gasteiger charge is -1.69. The van der Waals surface area contributed by atoms with Crippen molar-refractivity contribution in [1.29, 1.82) is 0 Å². The molecule has 0 fully saturated rings. The lowest BCUT2D eigenvalue weighted by atomic mass is 10.4. The SMILES string of the molecule is CC.CC.CC.CC.CC.CC.CC.CC.CC.CC.CC.CC.CC.CC.CCC.CCC.CCC.CCC.CCC.c1ccccc1.c1ccccc1.c1ccccc1.c1ccccc1.c1ccccc1.c1ccccc1. The van der Waals surface area contributed by atoms with Crippen LogP contribution in [-0.2, 0) is 0 Å². The van der Waals surface area contributed by atoms with Crippen LogP contribution in [0.1, 0.15) is 295 Å². The van der Waals surface area contributed by atoms with Gasteiger partial charge in [-0.1, -0.05) is 514 Å². The molecular formula is C79H160. The summed E-state index contributed by atoms with van der Waals surface area (Å²) in [6, 6.07) is 72.0. The summed E-state index contributed by atoms with van der Waals surface area (Å²) in [6.45, 7) is 77.2. The van der Waals surface area contributed by atoms with Gasteiger partial charge in [0.05, 0.1) is 0 Å². The maximum Gasteiger partial charge on any atom is -0.0590 e. The topological polar surface area (TPSA) is 0 Å². The summed E-state index contributed by atoms with van der Waals surface area (Å²) in [5.74, 6) is 0. The molecule has 0 aliphatic rings. The lowest BCUT2D eigenvalue weighted by molar-refractivity contribution is 1.09. The highest BCUT2D eigenvalue weighted by atomic mass is 13.7. The molecule has 0 aliphatic carbocycles. The highest BCUT2D eigenvalue weighted by Crippen LogP contribution is 1.83. The molecule has 0 heteroatoms. The molecule has 0 N–H and O–H groups in total. The van der Waals surface area contributed by atoms with Crippen LogP contribution in [0.2, 0.25) is 0 Å². The quantitative estimate of drug-likeness (QED) is 0.142. The van der Waals surface area contributed by atoms with E-state index in [4.69, 9.17) is 0 Å². The van der Waals surface area contributed by atoms with E-state index in [1.54, 1.807) is 0 Å². The third-order valence-electron chi connectivity index (χ3n) is 4.00. The summed E-state index contributed by atoms with van der Waals surface area (Å²) in [6.07, 6.45) is 6.25. The second-order valence-electron chi connectivity index (χ2n) is 10.5. The van der Waals surface area contributed by atoms with Gasteiger partial charge in [0.1, 0.15) is 0 Å². The number of hydrogen-bond acceptors (Lipinski definition) is 0. The van der Waals surface area contributed by atoms with Gasteiger partial charge in [-0.3, -0.25) is 0 Å². The highest BCUT2D eigenvalue weighted by molar-refractivity contribution is 5.02. The number of rotatable bonds is 0. The Balaban J connectivity index is -0.0000000285. The van der Waals surface area contributed by atoms with Crippen molar-refractivity contribution < 1.29 is 0 Å². The molecule has 6 aromatic rings. The van der Waals surface area contributed by atoms with Gasteiger partial charge >= 0.3 is 0 Å². The van der Waals surface area contributed by atoms with Crippen LogP contribution in [-0.4, -0.2) is 0 Å². The van der Waals surface area contributed by atoms with Crippen molar-refractivity contribution in [2.75, 3.05) is 0 Å². The first-order valence-electron chi connectivity index (χ1n) is 33.1. The van der Waals surface area contributed by atoms with E-state index >= 15 is 0 Å². The third kappa shape index (κ3) is 380. The van der Waals surface area contributed by atoms with E-state index in [1.165, 1.54) is 32.1 Å². The van der Waals surface area contributed by atoms with Crippen molar-refractivity contribution in [3.05, 3.63) is 218 Å². The van der Waals surface area contributed by atoms with Crippen molar-refractivity contribution in [3.8, 4) is 0 Å². The minimum Gasteiger partial charge on any atom is -0.0683 e. The third-order valence-corrected chi connectivity index (χ3v) is 4.00. The van der Waals surface area contributed by atoms with Crippen molar-refractivity contribution in [2.45, 2.75) is 295 Å². The molecule has 476 valence electrons. The highest BCUT2D eigenvalue weighted by Gasteiger charge is 1.61. The monoisotopic (exact) mass is 1110 g/mol. The molecule has 6 aromatic carbocycles. The fourth-order valence-corrected chi connectivity index (χ4v) is 2.31. The molecule has 0 amide bonds. The van der Waals surface area contributed by atoms with Gasteiger partial charge < -0.3 is 0 Å². The first-order chi connectivity index (χ1) is 39.1. The number of benzene rings is 6. The maximum absolute atomic E-state index is 2.12. The molecule has 0 unspecified atom stereocenters. The van der Waals surface area contributed by atoms with Gasteiger partial charge in [0.15, 0.2) is 0 Å². The predicted molar refractivity (Wildman–Crippen MR) is 397 cm³/mol. The second kappa shape index (κ2) is 291. The fraction of sp³-hybridized carbons (Fsp3) is 0.544. The molecule has 0 saturated carbocycles. The fourth-order valence-electron chi connectivity index (χ4n) is 2.31. The molecule has 0 heterocycles. The molecule has 0 nitrogen and oxygen atoms in total. The van der Waals surface area contributed by atoms with Gasteiger partial charge in [0.25, 0.3) is 0 Å². The van der Waals surface area contributed by atoms with Crippen molar-refractivity contribution >= 4 is 0 Å². The van der Waals surface area contributed by atoms with Gasteiger partial charge in [-0.15, -0.1) is 0 Å². The van der Waals surface area contributed by atoms with E-state index in [1.807, 2.05) is 412 Å². The largest absolute Gasteiger partial charge is 0.0683 e. The van der Waals surface area contributed by atoms with Gasteiger partial charge in [0.2, 0.25) is 0 Å². The Kier molecular flexibility index (Phi) is 480. The van der Waals surface area contributed by atoms with Crippen LogP contribution < -0.4 is 0 Å². The average molecular weight is 1110 g/mol. The van der Waals surface area contributed by atoms with Crippen molar-refractivity contribution in [1.82, 2.24) is 0 Å². The average Bonchev–Trinajstić information content (AvgIpc) is 3.60. The zero-order valence-electron chi connectivity index (χ0n) is 62.3. The molecule has 0 radical (unpaired) electrons. The standard InChI is InChI=1S/6C6H6.5C3H8.14C2H6/c6*1-2-4-6-5-3-1;5*1-3-2;14*1-2/h6*1-6H;5*3H2,1-2H3;14*1-2H3.